The summed E-state index contributed by atoms with van der Waals surface area (Å²) in [5.74, 6) is 1.36. The van der Waals surface area contributed by atoms with Crippen molar-refractivity contribution >= 4 is 40.9 Å². The fraction of sp³-hybridized carbons (Fsp3) is 0.586. The van der Waals surface area contributed by atoms with Gasteiger partial charge in [-0.05, 0) is 55.7 Å². The lowest BCUT2D eigenvalue weighted by atomic mass is 9.95. The largest absolute Gasteiger partial charge is 0.468 e. The van der Waals surface area contributed by atoms with Gasteiger partial charge in [-0.2, -0.15) is 9.97 Å². The Bertz CT molecular complexity index is 1100. The Kier molecular flexibility index (Phi) is 12.2. The van der Waals surface area contributed by atoms with Crippen LogP contribution in [-0.2, 0) is 22.6 Å². The van der Waals surface area contributed by atoms with Crippen molar-refractivity contribution in [1.29, 1.82) is 0 Å². The van der Waals surface area contributed by atoms with E-state index in [0.29, 0.717) is 36.5 Å². The molecule has 2 fully saturated rings. The monoisotopic (exact) mass is 583 g/mol. The number of nitrogens with one attached hydrogen (secondary N) is 4. The van der Waals surface area contributed by atoms with Gasteiger partial charge < -0.3 is 41.5 Å². The Labute approximate surface area is 249 Å². The number of carbonyl (C=O) groups is 1. The van der Waals surface area contributed by atoms with Crippen LogP contribution in [0.3, 0.4) is 0 Å². The molecule has 0 bridgehead atoms. The van der Waals surface area contributed by atoms with Gasteiger partial charge in [0.2, 0.25) is 5.95 Å². The number of esters is 1. The molecule has 0 spiro atoms. The second kappa shape index (κ2) is 16.3. The Hall–Kier alpha value is -3.22. The van der Waals surface area contributed by atoms with Gasteiger partial charge in [0.05, 0.1) is 7.11 Å². The second-order valence-electron chi connectivity index (χ2n) is 10.7. The van der Waals surface area contributed by atoms with E-state index < -0.39 is 0 Å². The normalized spacial score (nSPS) is 15.9. The molecule has 0 radical (unpaired) electrons. The SMILES string of the molecule is COC(=O)CNC(=S)N1CCN(c2cc(N)nc(NCc3ccc(CNCCCNC4CCCCC4)cc3)n2)CC1. The van der Waals surface area contributed by atoms with E-state index >= 15 is 0 Å². The number of methoxy groups -OCH3 is 1. The van der Waals surface area contributed by atoms with Gasteiger partial charge in [0.25, 0.3) is 0 Å². The number of nitrogen functional groups attached to an aromatic ring is 1. The Morgan fingerprint density at radius 2 is 1.73 bits per heavy atom. The second-order valence-corrected chi connectivity index (χ2v) is 11.1. The number of nitrogens with zero attached hydrogens (tertiary/aromatic N) is 4. The lowest BCUT2D eigenvalue weighted by Gasteiger charge is -2.36. The molecular formula is C29H45N9O2S. The molecule has 11 nitrogen and oxygen atoms in total. The number of piperazine rings is 1. The number of carbonyl (C=O) groups excluding carboxylic acids is 1. The molecule has 1 aromatic carbocycles. The van der Waals surface area contributed by atoms with Gasteiger partial charge in [0.1, 0.15) is 18.2 Å². The number of ether oxygens (including phenoxy) is 1. The maximum atomic E-state index is 11.4. The highest BCUT2D eigenvalue weighted by atomic mass is 32.1. The van der Waals surface area contributed by atoms with Crippen molar-refractivity contribution in [3.8, 4) is 0 Å². The van der Waals surface area contributed by atoms with Crippen molar-refractivity contribution in [2.24, 2.45) is 0 Å². The summed E-state index contributed by atoms with van der Waals surface area (Å²) < 4.78 is 4.65. The minimum absolute atomic E-state index is 0.0604. The number of anilines is 3. The van der Waals surface area contributed by atoms with E-state index in [-0.39, 0.29) is 12.5 Å². The molecule has 2 aliphatic rings. The molecule has 2 heterocycles. The fourth-order valence-corrected chi connectivity index (χ4v) is 5.43. The minimum Gasteiger partial charge on any atom is -0.468 e. The zero-order valence-corrected chi connectivity index (χ0v) is 25.0. The van der Waals surface area contributed by atoms with Crippen LogP contribution in [0, 0.1) is 0 Å². The quantitative estimate of drug-likeness (QED) is 0.135. The standard InChI is InChI=1S/C29H45N9O2S/c1-40-27(39)21-34-29(41)38-16-14-37(15-17-38)26-18-25(30)35-28(36-26)33-20-23-10-8-22(9-11-23)19-31-12-5-13-32-24-6-3-2-4-7-24/h8-11,18,24,31-32H,2-7,12-17,19-21H2,1H3,(H,34,41)(H3,30,33,35,36). The van der Waals surface area contributed by atoms with E-state index in [1.54, 1.807) is 6.07 Å². The highest BCUT2D eigenvalue weighted by Crippen LogP contribution is 2.19. The summed E-state index contributed by atoms with van der Waals surface area (Å²) in [6.07, 6.45) is 7.99. The average Bonchev–Trinajstić information content (AvgIpc) is 3.01. The number of rotatable bonds is 13. The summed E-state index contributed by atoms with van der Waals surface area (Å²) in [5, 5.41) is 14.1. The van der Waals surface area contributed by atoms with Crippen LogP contribution in [0.4, 0.5) is 17.6 Å². The Morgan fingerprint density at radius 3 is 2.44 bits per heavy atom. The predicted molar refractivity (Wildman–Crippen MR) is 168 cm³/mol. The van der Waals surface area contributed by atoms with Crippen molar-refractivity contribution in [3.63, 3.8) is 0 Å². The first-order valence-electron chi connectivity index (χ1n) is 14.7. The minimum atomic E-state index is -0.348. The van der Waals surface area contributed by atoms with E-state index in [1.165, 1.54) is 44.8 Å². The van der Waals surface area contributed by atoms with Crippen LogP contribution in [0.1, 0.15) is 49.7 Å². The van der Waals surface area contributed by atoms with Crippen molar-refractivity contribution in [1.82, 2.24) is 30.8 Å². The summed E-state index contributed by atoms with van der Waals surface area (Å²) in [5.41, 5.74) is 8.54. The Balaban J connectivity index is 1.16. The van der Waals surface area contributed by atoms with E-state index in [0.717, 1.165) is 56.6 Å². The smallest absolute Gasteiger partial charge is 0.325 e. The molecule has 4 rings (SSSR count). The van der Waals surface area contributed by atoms with Crippen molar-refractivity contribution in [2.45, 2.75) is 57.7 Å². The number of hydrogen-bond acceptors (Lipinski definition) is 10. The molecule has 1 saturated heterocycles. The molecular weight excluding hydrogens is 538 g/mol. The van der Waals surface area contributed by atoms with Gasteiger partial charge in [-0.15, -0.1) is 0 Å². The van der Waals surface area contributed by atoms with E-state index in [2.05, 4.69) is 60.2 Å². The third-order valence-corrected chi connectivity index (χ3v) is 8.01. The molecule has 1 aliphatic heterocycles. The summed E-state index contributed by atoms with van der Waals surface area (Å²) in [6, 6.07) is 11.1. The summed E-state index contributed by atoms with van der Waals surface area (Å²) in [6.45, 7) is 6.52. The lowest BCUT2D eigenvalue weighted by Crippen LogP contribution is -2.52. The molecule has 2 aromatic rings. The Morgan fingerprint density at radius 1 is 1.02 bits per heavy atom. The number of hydrogen-bond donors (Lipinski definition) is 5. The van der Waals surface area contributed by atoms with Gasteiger partial charge >= 0.3 is 5.97 Å². The van der Waals surface area contributed by atoms with Gasteiger partial charge in [-0.1, -0.05) is 43.5 Å². The highest BCUT2D eigenvalue weighted by molar-refractivity contribution is 7.80. The predicted octanol–water partition coefficient (Wildman–Crippen LogP) is 2.24. The number of aromatic nitrogens is 2. The first-order chi connectivity index (χ1) is 20.0. The zero-order chi connectivity index (χ0) is 28.9. The zero-order valence-electron chi connectivity index (χ0n) is 24.2. The van der Waals surface area contributed by atoms with Crippen LogP contribution in [0.15, 0.2) is 30.3 Å². The van der Waals surface area contributed by atoms with Crippen LogP contribution in [-0.4, -0.2) is 84.9 Å². The topological polar surface area (TPSA) is 133 Å². The van der Waals surface area contributed by atoms with Gasteiger partial charge in [0.15, 0.2) is 5.11 Å². The molecule has 0 amide bonds. The molecule has 1 saturated carbocycles. The first-order valence-corrected chi connectivity index (χ1v) is 15.2. The molecule has 6 N–H and O–H groups in total. The van der Waals surface area contributed by atoms with Crippen LogP contribution in [0.5, 0.6) is 0 Å². The number of nitrogens with two attached hydrogens (primary N) is 1. The maximum Gasteiger partial charge on any atom is 0.325 e. The van der Waals surface area contributed by atoms with Crippen molar-refractivity contribution < 1.29 is 9.53 Å². The molecule has 0 atom stereocenters. The maximum absolute atomic E-state index is 11.4. The van der Waals surface area contributed by atoms with Crippen LogP contribution < -0.4 is 31.9 Å². The fourth-order valence-electron chi connectivity index (χ4n) is 5.18. The summed E-state index contributed by atoms with van der Waals surface area (Å²) >= 11 is 5.41. The number of thiocarbonyl (C=S) groups is 1. The third kappa shape index (κ3) is 10.3. The molecule has 41 heavy (non-hydrogen) atoms. The average molecular weight is 584 g/mol. The van der Waals surface area contributed by atoms with Crippen molar-refractivity contribution in [3.05, 3.63) is 41.5 Å². The molecule has 1 aromatic heterocycles. The number of benzene rings is 1. The van der Waals surface area contributed by atoms with E-state index in [9.17, 15) is 4.79 Å². The first kappa shape index (κ1) is 30.7. The van der Waals surface area contributed by atoms with Crippen LogP contribution in [0.25, 0.3) is 0 Å². The third-order valence-electron chi connectivity index (χ3n) is 7.61. The van der Waals surface area contributed by atoms with Crippen LogP contribution >= 0.6 is 12.2 Å². The van der Waals surface area contributed by atoms with Crippen LogP contribution in [0.2, 0.25) is 0 Å². The van der Waals surface area contributed by atoms with Gasteiger partial charge in [-0.25, -0.2) is 0 Å². The summed E-state index contributed by atoms with van der Waals surface area (Å²) in [4.78, 5) is 24.6. The highest BCUT2D eigenvalue weighted by Gasteiger charge is 2.21. The van der Waals surface area contributed by atoms with Crippen molar-refractivity contribution in [2.75, 3.05) is 68.9 Å². The molecule has 12 heteroatoms. The van der Waals surface area contributed by atoms with Gasteiger partial charge in [-0.3, -0.25) is 4.79 Å². The molecule has 224 valence electrons. The molecule has 1 aliphatic carbocycles. The lowest BCUT2D eigenvalue weighted by molar-refractivity contribution is -0.139. The van der Waals surface area contributed by atoms with E-state index in [4.69, 9.17) is 22.9 Å². The van der Waals surface area contributed by atoms with E-state index in [1.807, 2.05) is 4.90 Å². The molecule has 0 unspecified atom stereocenters. The van der Waals surface area contributed by atoms with Gasteiger partial charge in [0, 0.05) is 51.4 Å². The summed E-state index contributed by atoms with van der Waals surface area (Å²) in [7, 11) is 1.36.